The number of ether oxygens (including phenoxy) is 1. The lowest BCUT2D eigenvalue weighted by Crippen LogP contribution is -2.28. The Balaban J connectivity index is 1.36. The molecule has 10 heteroatoms. The molecule has 1 aromatic carbocycles. The Hall–Kier alpha value is -3.97. The van der Waals surface area contributed by atoms with Gasteiger partial charge in [0.05, 0.1) is 37.5 Å². The molecule has 35 heavy (non-hydrogen) atoms. The highest BCUT2D eigenvalue weighted by atomic mass is 16.5. The van der Waals surface area contributed by atoms with Gasteiger partial charge in [0.15, 0.2) is 5.75 Å². The first-order valence-electron chi connectivity index (χ1n) is 11.8. The number of hydrogen-bond acceptors (Lipinski definition) is 8. The standard InChI is InChI=1S/C25H28N8O2/c1-35-22-13-28-25(31-23(22)19-12-29-33(15-19)21(11-27)17-5-6-17)30-20-4-2-3-18(9-20)24(34)32-8-7-16(10-26)14-32/h2-4,9,12-13,15-17,21H,5-8,11,14,27H2,1H3,(H,28,30,31)/t16-,21?/m1/s1. The van der Waals surface area contributed by atoms with Crippen LogP contribution >= 0.6 is 0 Å². The molecule has 2 aliphatic rings. The lowest BCUT2D eigenvalue weighted by atomic mass is 10.1. The molecule has 1 amide bonds. The molecule has 1 saturated heterocycles. The number of likely N-dealkylation sites (tertiary alicyclic amines) is 1. The summed E-state index contributed by atoms with van der Waals surface area (Å²) in [5, 5.41) is 16.8. The Morgan fingerprint density at radius 2 is 2.20 bits per heavy atom. The number of carbonyl (C=O) groups excluding carboxylic acids is 1. The SMILES string of the molecule is COc1cnc(Nc2cccc(C(=O)N3CC[C@H](C#N)C3)c2)nc1-c1cnn(C(CN)C2CC2)c1. The zero-order chi connectivity index (χ0) is 24.4. The van der Waals surface area contributed by atoms with Crippen LogP contribution in [0, 0.1) is 23.2 Å². The number of methoxy groups -OCH3 is 1. The number of nitriles is 1. The number of nitrogens with one attached hydrogen (secondary N) is 1. The number of rotatable bonds is 8. The molecule has 180 valence electrons. The van der Waals surface area contributed by atoms with Crippen molar-refractivity contribution in [2.45, 2.75) is 25.3 Å². The lowest BCUT2D eigenvalue weighted by molar-refractivity contribution is 0.0790. The number of carbonyl (C=O) groups is 1. The van der Waals surface area contributed by atoms with Crippen LogP contribution in [0.2, 0.25) is 0 Å². The molecule has 1 unspecified atom stereocenters. The van der Waals surface area contributed by atoms with E-state index in [1.165, 1.54) is 12.8 Å². The highest BCUT2D eigenvalue weighted by molar-refractivity contribution is 5.95. The van der Waals surface area contributed by atoms with Crippen molar-refractivity contribution in [3.8, 4) is 23.1 Å². The van der Waals surface area contributed by atoms with Crippen molar-refractivity contribution >= 4 is 17.5 Å². The minimum atomic E-state index is -0.0971. The Labute approximate surface area is 203 Å². The summed E-state index contributed by atoms with van der Waals surface area (Å²) in [7, 11) is 1.58. The molecule has 0 radical (unpaired) electrons. The van der Waals surface area contributed by atoms with Crippen molar-refractivity contribution in [1.82, 2.24) is 24.6 Å². The maximum atomic E-state index is 12.9. The molecule has 2 aromatic heterocycles. The highest BCUT2D eigenvalue weighted by Gasteiger charge is 2.32. The Kier molecular flexibility index (Phi) is 6.33. The van der Waals surface area contributed by atoms with E-state index in [2.05, 4.69) is 26.5 Å². The molecule has 0 bridgehead atoms. The fraction of sp³-hybridized carbons (Fsp3) is 0.400. The van der Waals surface area contributed by atoms with Crippen LogP contribution < -0.4 is 15.8 Å². The quantitative estimate of drug-likeness (QED) is 0.511. The van der Waals surface area contributed by atoms with Gasteiger partial charge in [-0.3, -0.25) is 9.48 Å². The van der Waals surface area contributed by atoms with Crippen molar-refractivity contribution < 1.29 is 9.53 Å². The molecular formula is C25H28N8O2. The minimum Gasteiger partial charge on any atom is -0.493 e. The number of benzene rings is 1. The largest absolute Gasteiger partial charge is 0.493 e. The van der Waals surface area contributed by atoms with Gasteiger partial charge in [0.2, 0.25) is 5.95 Å². The van der Waals surface area contributed by atoms with Crippen LogP contribution in [0.1, 0.15) is 35.7 Å². The number of amides is 1. The van der Waals surface area contributed by atoms with Gasteiger partial charge >= 0.3 is 0 Å². The smallest absolute Gasteiger partial charge is 0.253 e. The van der Waals surface area contributed by atoms with E-state index in [4.69, 9.17) is 15.7 Å². The summed E-state index contributed by atoms with van der Waals surface area (Å²) in [6.07, 6.45) is 8.41. The zero-order valence-electron chi connectivity index (χ0n) is 19.6. The molecule has 3 aromatic rings. The van der Waals surface area contributed by atoms with Gasteiger partial charge in [-0.15, -0.1) is 0 Å². The van der Waals surface area contributed by atoms with Crippen LogP contribution in [0.25, 0.3) is 11.3 Å². The third kappa shape index (κ3) is 4.81. The number of anilines is 2. The Morgan fingerprint density at radius 1 is 1.34 bits per heavy atom. The molecule has 5 rings (SSSR count). The number of nitrogens with zero attached hydrogens (tertiary/aromatic N) is 6. The fourth-order valence-corrected chi connectivity index (χ4v) is 4.52. The third-order valence-electron chi connectivity index (χ3n) is 6.62. The highest BCUT2D eigenvalue weighted by Crippen LogP contribution is 2.39. The summed E-state index contributed by atoms with van der Waals surface area (Å²) in [4.78, 5) is 23.7. The van der Waals surface area contributed by atoms with Crippen molar-refractivity contribution in [3.05, 3.63) is 48.4 Å². The van der Waals surface area contributed by atoms with Gasteiger partial charge in [0, 0.05) is 42.6 Å². The molecule has 3 heterocycles. The topological polar surface area (TPSA) is 135 Å². The van der Waals surface area contributed by atoms with Gasteiger partial charge in [-0.25, -0.2) is 9.97 Å². The van der Waals surface area contributed by atoms with Crippen molar-refractivity contribution in [1.29, 1.82) is 5.26 Å². The van der Waals surface area contributed by atoms with E-state index >= 15 is 0 Å². The monoisotopic (exact) mass is 472 g/mol. The molecule has 3 N–H and O–H groups in total. The van der Waals surface area contributed by atoms with Crippen molar-refractivity contribution in [3.63, 3.8) is 0 Å². The summed E-state index contributed by atoms with van der Waals surface area (Å²) in [6, 6.07) is 9.65. The molecular weight excluding hydrogens is 444 g/mol. The van der Waals surface area contributed by atoms with E-state index in [0.717, 1.165) is 5.56 Å². The molecule has 1 aliphatic heterocycles. The maximum absolute atomic E-state index is 12.9. The predicted octanol–water partition coefficient (Wildman–Crippen LogP) is 2.99. The molecule has 10 nitrogen and oxygen atoms in total. The van der Waals surface area contributed by atoms with Crippen LogP contribution in [0.4, 0.5) is 11.6 Å². The normalized spacial score (nSPS) is 18.2. The van der Waals surface area contributed by atoms with Crippen LogP contribution in [-0.4, -0.2) is 57.3 Å². The number of hydrogen-bond donors (Lipinski definition) is 2. The van der Waals surface area contributed by atoms with E-state index in [9.17, 15) is 4.79 Å². The van der Waals surface area contributed by atoms with Crippen molar-refractivity contribution in [2.75, 3.05) is 32.1 Å². The molecule has 2 atom stereocenters. The molecule has 2 fully saturated rings. The first-order chi connectivity index (χ1) is 17.1. The second kappa shape index (κ2) is 9.72. The van der Waals surface area contributed by atoms with Gasteiger partial charge in [0.25, 0.3) is 5.91 Å². The molecule has 1 aliphatic carbocycles. The number of aromatic nitrogens is 4. The molecule has 0 spiro atoms. The summed E-state index contributed by atoms with van der Waals surface area (Å²) < 4.78 is 7.42. The summed E-state index contributed by atoms with van der Waals surface area (Å²) in [6.45, 7) is 1.61. The minimum absolute atomic E-state index is 0.0831. The van der Waals surface area contributed by atoms with E-state index in [0.29, 0.717) is 60.6 Å². The molecule has 1 saturated carbocycles. The second-order valence-electron chi connectivity index (χ2n) is 9.03. The van der Waals surface area contributed by atoms with Gasteiger partial charge in [0.1, 0.15) is 5.69 Å². The first-order valence-corrected chi connectivity index (χ1v) is 11.8. The average Bonchev–Trinajstić information content (AvgIpc) is 3.40. The fourth-order valence-electron chi connectivity index (χ4n) is 4.52. The van der Waals surface area contributed by atoms with Gasteiger partial charge in [-0.1, -0.05) is 6.07 Å². The third-order valence-corrected chi connectivity index (χ3v) is 6.62. The van der Waals surface area contributed by atoms with Crippen molar-refractivity contribution in [2.24, 2.45) is 17.6 Å². The second-order valence-corrected chi connectivity index (χ2v) is 9.03. The van der Waals surface area contributed by atoms with Gasteiger partial charge in [-0.2, -0.15) is 10.4 Å². The zero-order valence-corrected chi connectivity index (χ0v) is 19.6. The van der Waals surface area contributed by atoms with E-state index in [1.807, 2.05) is 23.0 Å². The van der Waals surface area contributed by atoms with Crippen LogP contribution in [0.15, 0.2) is 42.9 Å². The van der Waals surface area contributed by atoms with E-state index in [1.54, 1.807) is 36.5 Å². The van der Waals surface area contributed by atoms with Crippen LogP contribution in [0.3, 0.4) is 0 Å². The predicted molar refractivity (Wildman–Crippen MR) is 130 cm³/mol. The van der Waals surface area contributed by atoms with Gasteiger partial charge < -0.3 is 20.7 Å². The lowest BCUT2D eigenvalue weighted by Gasteiger charge is -2.16. The summed E-state index contributed by atoms with van der Waals surface area (Å²) in [5.41, 5.74) is 8.66. The van der Waals surface area contributed by atoms with E-state index < -0.39 is 0 Å². The summed E-state index contributed by atoms with van der Waals surface area (Å²) >= 11 is 0. The maximum Gasteiger partial charge on any atom is 0.253 e. The average molecular weight is 473 g/mol. The first kappa shape index (κ1) is 22.8. The van der Waals surface area contributed by atoms with Crippen LogP contribution in [0.5, 0.6) is 5.75 Å². The number of nitrogens with two attached hydrogens (primary N) is 1. The Bertz CT molecular complexity index is 1260. The summed E-state index contributed by atoms with van der Waals surface area (Å²) in [5.74, 6) is 1.32. The Morgan fingerprint density at radius 3 is 2.91 bits per heavy atom. The van der Waals surface area contributed by atoms with Crippen LogP contribution in [-0.2, 0) is 0 Å². The van der Waals surface area contributed by atoms with Gasteiger partial charge in [-0.05, 0) is 43.4 Å². The van der Waals surface area contributed by atoms with E-state index in [-0.39, 0.29) is 17.9 Å².